The van der Waals surface area contributed by atoms with Crippen LogP contribution >= 0.6 is 0 Å². The van der Waals surface area contributed by atoms with Crippen LogP contribution < -0.4 is 11.1 Å². The van der Waals surface area contributed by atoms with Gasteiger partial charge in [-0.25, -0.2) is 4.98 Å². The molecule has 3 rings (SSSR count). The van der Waals surface area contributed by atoms with E-state index < -0.39 is 0 Å². The number of rotatable bonds is 1. The highest BCUT2D eigenvalue weighted by Gasteiger charge is 2.23. The van der Waals surface area contributed by atoms with Crippen molar-refractivity contribution in [3.63, 3.8) is 0 Å². The monoisotopic (exact) mass is 204 g/mol. The van der Waals surface area contributed by atoms with E-state index in [1.54, 1.807) is 0 Å². The topological polar surface area (TPSA) is 84.5 Å². The number of nitrogens with one attached hydrogen (secondary N) is 2. The number of imidazole rings is 1. The van der Waals surface area contributed by atoms with Crippen LogP contribution in [0.2, 0.25) is 0 Å². The SMILES string of the molecule is Nc1ncc2n1CCNC2c1cn[nH]c1. The molecule has 0 saturated heterocycles. The van der Waals surface area contributed by atoms with E-state index in [4.69, 9.17) is 5.73 Å². The largest absolute Gasteiger partial charge is 0.369 e. The lowest BCUT2D eigenvalue weighted by Gasteiger charge is -2.25. The van der Waals surface area contributed by atoms with Gasteiger partial charge in [0.15, 0.2) is 5.95 Å². The van der Waals surface area contributed by atoms with Gasteiger partial charge in [0.2, 0.25) is 0 Å². The van der Waals surface area contributed by atoms with E-state index in [1.165, 1.54) is 0 Å². The first-order valence-corrected chi connectivity index (χ1v) is 4.89. The average molecular weight is 204 g/mol. The molecule has 0 bridgehead atoms. The maximum atomic E-state index is 5.78. The number of H-pyrrole nitrogens is 1. The molecule has 6 nitrogen and oxygen atoms in total. The van der Waals surface area contributed by atoms with Gasteiger partial charge in [0, 0.05) is 24.8 Å². The molecule has 0 fully saturated rings. The molecule has 1 aliphatic heterocycles. The molecule has 0 spiro atoms. The van der Waals surface area contributed by atoms with Gasteiger partial charge < -0.3 is 15.6 Å². The molecule has 0 amide bonds. The number of nitrogens with two attached hydrogens (primary N) is 1. The highest BCUT2D eigenvalue weighted by atomic mass is 15.2. The molecule has 0 radical (unpaired) electrons. The zero-order chi connectivity index (χ0) is 10.3. The summed E-state index contributed by atoms with van der Waals surface area (Å²) in [7, 11) is 0. The summed E-state index contributed by atoms with van der Waals surface area (Å²) in [6.45, 7) is 1.76. The maximum Gasteiger partial charge on any atom is 0.200 e. The van der Waals surface area contributed by atoms with Gasteiger partial charge in [0.25, 0.3) is 0 Å². The van der Waals surface area contributed by atoms with Crippen LogP contribution in [0.3, 0.4) is 0 Å². The molecule has 2 aromatic rings. The highest BCUT2D eigenvalue weighted by Crippen LogP contribution is 2.25. The van der Waals surface area contributed by atoms with Crippen molar-refractivity contribution >= 4 is 5.95 Å². The normalized spacial score (nSPS) is 20.1. The van der Waals surface area contributed by atoms with Crippen molar-refractivity contribution in [2.45, 2.75) is 12.6 Å². The van der Waals surface area contributed by atoms with Gasteiger partial charge in [0.05, 0.1) is 24.1 Å². The van der Waals surface area contributed by atoms with Crippen LogP contribution in [0.25, 0.3) is 0 Å². The van der Waals surface area contributed by atoms with Gasteiger partial charge in [-0.05, 0) is 0 Å². The van der Waals surface area contributed by atoms with Gasteiger partial charge >= 0.3 is 0 Å². The summed E-state index contributed by atoms with van der Waals surface area (Å²) in [5, 5.41) is 10.2. The molecule has 78 valence electrons. The Morgan fingerprint density at radius 1 is 1.47 bits per heavy atom. The first kappa shape index (κ1) is 8.49. The van der Waals surface area contributed by atoms with E-state index in [1.807, 2.05) is 23.2 Å². The quantitative estimate of drug-likeness (QED) is 0.604. The molecule has 1 atom stereocenters. The fourth-order valence-electron chi connectivity index (χ4n) is 2.01. The first-order valence-electron chi connectivity index (χ1n) is 4.89. The molecule has 0 aliphatic carbocycles. The van der Waals surface area contributed by atoms with Crippen LogP contribution in [-0.2, 0) is 6.54 Å². The van der Waals surface area contributed by atoms with Crippen LogP contribution in [0.4, 0.5) is 5.95 Å². The summed E-state index contributed by atoms with van der Waals surface area (Å²) in [4.78, 5) is 4.13. The molecule has 2 aromatic heterocycles. The van der Waals surface area contributed by atoms with E-state index in [2.05, 4.69) is 20.5 Å². The lowest BCUT2D eigenvalue weighted by Crippen LogP contribution is -2.33. The van der Waals surface area contributed by atoms with Crippen molar-refractivity contribution in [3.05, 3.63) is 29.8 Å². The molecule has 4 N–H and O–H groups in total. The molecule has 0 saturated carbocycles. The van der Waals surface area contributed by atoms with Crippen LogP contribution in [0.1, 0.15) is 17.3 Å². The van der Waals surface area contributed by atoms with Gasteiger partial charge in [-0.15, -0.1) is 0 Å². The second-order valence-corrected chi connectivity index (χ2v) is 3.61. The van der Waals surface area contributed by atoms with Gasteiger partial charge in [-0.1, -0.05) is 0 Å². The zero-order valence-corrected chi connectivity index (χ0v) is 8.14. The van der Waals surface area contributed by atoms with Crippen molar-refractivity contribution in [1.29, 1.82) is 0 Å². The molecule has 15 heavy (non-hydrogen) atoms. The number of nitrogen functional groups attached to an aromatic ring is 1. The Labute approximate surface area is 86.5 Å². The standard InChI is InChI=1S/C9H12N6/c10-9-12-5-7-8(6-3-13-14-4-6)11-1-2-15(7)9/h3-5,8,11H,1-2H2,(H2,10,12)(H,13,14). The molecule has 1 aliphatic rings. The third kappa shape index (κ3) is 1.22. The van der Waals surface area contributed by atoms with Gasteiger partial charge in [0.1, 0.15) is 0 Å². The number of aromatic nitrogens is 4. The Balaban J connectivity index is 2.07. The Kier molecular flexibility index (Phi) is 1.75. The van der Waals surface area contributed by atoms with E-state index in [0.29, 0.717) is 5.95 Å². The summed E-state index contributed by atoms with van der Waals surface area (Å²) < 4.78 is 2.04. The fraction of sp³-hybridized carbons (Fsp3) is 0.333. The molecular weight excluding hydrogens is 192 g/mol. The van der Waals surface area contributed by atoms with Gasteiger partial charge in [-0.2, -0.15) is 5.10 Å². The van der Waals surface area contributed by atoms with Crippen LogP contribution in [0, 0.1) is 0 Å². The smallest absolute Gasteiger partial charge is 0.200 e. The summed E-state index contributed by atoms with van der Waals surface area (Å²) in [5.74, 6) is 0.583. The summed E-state index contributed by atoms with van der Waals surface area (Å²) in [5.41, 5.74) is 7.98. The van der Waals surface area contributed by atoms with Crippen LogP contribution in [0.5, 0.6) is 0 Å². The first-order chi connectivity index (χ1) is 7.36. The predicted octanol–water partition coefficient (Wildman–Crippen LogP) is -0.119. The summed E-state index contributed by atoms with van der Waals surface area (Å²) >= 11 is 0. The third-order valence-corrected chi connectivity index (χ3v) is 2.75. The number of fused-ring (bicyclic) bond motifs is 1. The number of hydrogen-bond donors (Lipinski definition) is 3. The lowest BCUT2D eigenvalue weighted by atomic mass is 10.1. The van der Waals surface area contributed by atoms with Crippen molar-refractivity contribution in [2.75, 3.05) is 12.3 Å². The predicted molar refractivity (Wildman–Crippen MR) is 55.1 cm³/mol. The number of nitrogens with zero attached hydrogens (tertiary/aromatic N) is 3. The highest BCUT2D eigenvalue weighted by molar-refractivity contribution is 5.31. The Hall–Kier alpha value is -1.82. The minimum Gasteiger partial charge on any atom is -0.369 e. The van der Waals surface area contributed by atoms with Crippen molar-refractivity contribution < 1.29 is 0 Å². The Morgan fingerprint density at radius 3 is 3.20 bits per heavy atom. The van der Waals surface area contributed by atoms with Crippen molar-refractivity contribution in [2.24, 2.45) is 0 Å². The summed E-state index contributed by atoms with van der Waals surface area (Å²) in [6.07, 6.45) is 5.52. The molecule has 6 heteroatoms. The summed E-state index contributed by atoms with van der Waals surface area (Å²) in [6, 6.07) is 0.141. The van der Waals surface area contributed by atoms with E-state index in [-0.39, 0.29) is 6.04 Å². The minimum atomic E-state index is 0.141. The van der Waals surface area contributed by atoms with Crippen molar-refractivity contribution in [3.8, 4) is 0 Å². The molecule has 0 aromatic carbocycles. The van der Waals surface area contributed by atoms with Crippen LogP contribution in [-0.4, -0.2) is 26.3 Å². The van der Waals surface area contributed by atoms with Crippen LogP contribution in [0.15, 0.2) is 18.6 Å². The van der Waals surface area contributed by atoms with E-state index >= 15 is 0 Å². The second kappa shape index (κ2) is 3.09. The van der Waals surface area contributed by atoms with Gasteiger partial charge in [-0.3, -0.25) is 5.10 Å². The Bertz CT molecular complexity index is 457. The van der Waals surface area contributed by atoms with Crippen molar-refractivity contribution in [1.82, 2.24) is 25.1 Å². The average Bonchev–Trinajstić information content (AvgIpc) is 2.88. The second-order valence-electron chi connectivity index (χ2n) is 3.61. The number of anilines is 1. The lowest BCUT2D eigenvalue weighted by molar-refractivity contribution is 0.471. The van der Waals surface area contributed by atoms with E-state index in [9.17, 15) is 0 Å². The minimum absolute atomic E-state index is 0.141. The number of hydrogen-bond acceptors (Lipinski definition) is 4. The number of aromatic amines is 1. The maximum absolute atomic E-state index is 5.78. The molecule has 1 unspecified atom stereocenters. The fourth-order valence-corrected chi connectivity index (χ4v) is 2.01. The molecule has 3 heterocycles. The van der Waals surface area contributed by atoms with E-state index in [0.717, 1.165) is 24.3 Å². The molecular formula is C9H12N6. The Morgan fingerprint density at radius 2 is 2.40 bits per heavy atom. The third-order valence-electron chi connectivity index (χ3n) is 2.75. The zero-order valence-electron chi connectivity index (χ0n) is 8.14.